The lowest BCUT2D eigenvalue weighted by Crippen LogP contribution is -2.53. The molecule has 0 bridgehead atoms. The van der Waals surface area contributed by atoms with Gasteiger partial charge in [-0.3, -0.25) is 4.79 Å². The molecule has 1 heterocycles. The maximum atomic E-state index is 12.7. The Kier molecular flexibility index (Phi) is 6.06. The van der Waals surface area contributed by atoms with E-state index in [1.807, 2.05) is 6.07 Å². The fourth-order valence-corrected chi connectivity index (χ4v) is 6.10. The topological polar surface area (TPSA) is 79.6 Å². The minimum Gasteiger partial charge on any atom is -0.545 e. The van der Waals surface area contributed by atoms with Crippen molar-refractivity contribution in [3.63, 3.8) is 0 Å². The zero-order valence-corrected chi connectivity index (χ0v) is 17.7. The lowest BCUT2D eigenvalue weighted by atomic mass is 9.46. The van der Waals surface area contributed by atoms with Crippen molar-refractivity contribution in [2.45, 2.75) is 58.8 Å². The number of carboxylic acids is 1. The molecule has 2 saturated carbocycles. The standard InChI is InChI=1S/C24H32O5/c1-16-6-10-20-23(2,13-5-14-24(20,3)22(27)28-4)18(16)8-7-17-12-15-29-19(17)9-11-21(25)26/h9,11-12,15,18,20H,1,5-8,10,13-14H2,2-4H3,(H,25,26)/p-1/b11-9+/t18-,20+,23-,24+/m0/s1. The number of hydrogen-bond acceptors (Lipinski definition) is 5. The quantitative estimate of drug-likeness (QED) is 0.411. The maximum absolute atomic E-state index is 12.7. The molecule has 0 aromatic carbocycles. The van der Waals surface area contributed by atoms with Crippen molar-refractivity contribution < 1.29 is 23.8 Å². The molecule has 0 amide bonds. The van der Waals surface area contributed by atoms with E-state index < -0.39 is 11.4 Å². The molecule has 158 valence electrons. The molecule has 0 unspecified atom stereocenters. The van der Waals surface area contributed by atoms with Crippen molar-refractivity contribution in [3.05, 3.63) is 41.9 Å². The summed E-state index contributed by atoms with van der Waals surface area (Å²) in [4.78, 5) is 23.4. The first-order valence-corrected chi connectivity index (χ1v) is 10.4. The van der Waals surface area contributed by atoms with Gasteiger partial charge in [0.05, 0.1) is 24.8 Å². The molecule has 3 rings (SSSR count). The highest BCUT2D eigenvalue weighted by Crippen LogP contribution is 2.62. The molecule has 0 radical (unpaired) electrons. The molecule has 2 aliphatic rings. The molecular formula is C24H31O5-. The zero-order chi connectivity index (χ0) is 21.2. The van der Waals surface area contributed by atoms with Crippen molar-refractivity contribution >= 4 is 18.0 Å². The Morgan fingerprint density at radius 1 is 1.38 bits per heavy atom. The van der Waals surface area contributed by atoms with Crippen LogP contribution in [-0.2, 0) is 20.7 Å². The van der Waals surface area contributed by atoms with Gasteiger partial charge in [0.1, 0.15) is 5.76 Å². The van der Waals surface area contributed by atoms with Gasteiger partial charge in [0.25, 0.3) is 0 Å². The van der Waals surface area contributed by atoms with Crippen LogP contribution in [0, 0.1) is 22.7 Å². The number of esters is 1. The summed E-state index contributed by atoms with van der Waals surface area (Å²) in [5.41, 5.74) is 1.79. The molecule has 5 nitrogen and oxygen atoms in total. The minimum absolute atomic E-state index is 0.00124. The predicted octanol–water partition coefficient (Wildman–Crippen LogP) is 3.93. The number of methoxy groups -OCH3 is 1. The number of aryl methyl sites for hydroxylation is 1. The Morgan fingerprint density at radius 3 is 2.83 bits per heavy atom. The summed E-state index contributed by atoms with van der Waals surface area (Å²) in [6.45, 7) is 8.78. The van der Waals surface area contributed by atoms with Crippen LogP contribution in [0.4, 0.5) is 0 Å². The summed E-state index contributed by atoms with van der Waals surface area (Å²) >= 11 is 0. The van der Waals surface area contributed by atoms with Crippen LogP contribution in [0.15, 0.2) is 35.0 Å². The molecule has 0 saturated heterocycles. The molecule has 4 atom stereocenters. The number of ether oxygens (including phenoxy) is 1. The first-order chi connectivity index (χ1) is 13.7. The monoisotopic (exact) mass is 399 g/mol. The number of carbonyl (C=O) groups excluding carboxylic acids is 2. The first kappa shape index (κ1) is 21.4. The third kappa shape index (κ3) is 3.92. The van der Waals surface area contributed by atoms with Crippen LogP contribution in [0.25, 0.3) is 6.08 Å². The van der Waals surface area contributed by atoms with Crippen LogP contribution in [0.1, 0.15) is 63.7 Å². The van der Waals surface area contributed by atoms with E-state index in [-0.39, 0.29) is 17.3 Å². The van der Waals surface area contributed by atoms with Gasteiger partial charge in [0, 0.05) is 0 Å². The van der Waals surface area contributed by atoms with Crippen molar-refractivity contribution in [1.29, 1.82) is 0 Å². The van der Waals surface area contributed by atoms with E-state index in [9.17, 15) is 14.7 Å². The normalized spacial score (nSPS) is 32.2. The van der Waals surface area contributed by atoms with E-state index in [2.05, 4.69) is 20.4 Å². The lowest BCUT2D eigenvalue weighted by Gasteiger charge is -2.57. The third-order valence-corrected chi connectivity index (χ3v) is 7.53. The summed E-state index contributed by atoms with van der Waals surface area (Å²) in [5, 5.41) is 10.7. The highest BCUT2D eigenvalue weighted by atomic mass is 16.5. The third-order valence-electron chi connectivity index (χ3n) is 7.53. The molecule has 2 aliphatic carbocycles. The van der Waals surface area contributed by atoms with Crippen LogP contribution in [0.2, 0.25) is 0 Å². The van der Waals surface area contributed by atoms with Gasteiger partial charge in [0.2, 0.25) is 0 Å². The Morgan fingerprint density at radius 2 is 2.14 bits per heavy atom. The fraction of sp³-hybridized carbons (Fsp3) is 0.583. The number of furan rings is 1. The van der Waals surface area contributed by atoms with E-state index in [1.54, 1.807) is 6.26 Å². The molecule has 5 heteroatoms. The lowest BCUT2D eigenvalue weighted by molar-refractivity contribution is -0.297. The fourth-order valence-electron chi connectivity index (χ4n) is 6.10. The van der Waals surface area contributed by atoms with Gasteiger partial charge in [-0.15, -0.1) is 0 Å². The molecule has 0 N–H and O–H groups in total. The summed E-state index contributed by atoms with van der Waals surface area (Å²) in [5.74, 6) is -0.204. The summed E-state index contributed by atoms with van der Waals surface area (Å²) in [7, 11) is 1.49. The molecule has 1 aromatic heterocycles. The summed E-state index contributed by atoms with van der Waals surface area (Å²) in [6, 6.07) is 1.89. The van der Waals surface area contributed by atoms with Gasteiger partial charge in [0.15, 0.2) is 0 Å². The van der Waals surface area contributed by atoms with Gasteiger partial charge in [-0.05, 0) is 86.5 Å². The zero-order valence-electron chi connectivity index (χ0n) is 17.7. The molecule has 1 aromatic rings. The maximum Gasteiger partial charge on any atom is 0.311 e. The van der Waals surface area contributed by atoms with Gasteiger partial charge < -0.3 is 19.1 Å². The Balaban J connectivity index is 1.82. The van der Waals surface area contributed by atoms with E-state index >= 15 is 0 Å². The second-order valence-corrected chi connectivity index (χ2v) is 9.07. The van der Waals surface area contributed by atoms with E-state index in [1.165, 1.54) is 18.8 Å². The van der Waals surface area contributed by atoms with E-state index in [0.717, 1.165) is 56.6 Å². The average Bonchev–Trinajstić information content (AvgIpc) is 3.12. The second kappa shape index (κ2) is 8.21. The number of allylic oxidation sites excluding steroid dienone is 1. The average molecular weight is 400 g/mol. The smallest absolute Gasteiger partial charge is 0.311 e. The van der Waals surface area contributed by atoms with Gasteiger partial charge in [-0.2, -0.15) is 0 Å². The second-order valence-electron chi connectivity index (χ2n) is 9.07. The van der Waals surface area contributed by atoms with Crippen molar-refractivity contribution in [2.24, 2.45) is 22.7 Å². The number of carbonyl (C=O) groups is 2. The predicted molar refractivity (Wildman–Crippen MR) is 109 cm³/mol. The van der Waals surface area contributed by atoms with E-state index in [0.29, 0.717) is 11.7 Å². The highest BCUT2D eigenvalue weighted by molar-refractivity contribution is 5.83. The number of aliphatic carboxylic acids is 1. The molecule has 0 spiro atoms. The van der Waals surface area contributed by atoms with Crippen molar-refractivity contribution in [2.75, 3.05) is 7.11 Å². The Labute approximate surface area is 172 Å². The number of hydrogen-bond donors (Lipinski definition) is 0. The van der Waals surface area contributed by atoms with Gasteiger partial charge in [-0.25, -0.2) is 0 Å². The number of carboxylic acid groups (broad SMARTS) is 1. The molecular weight excluding hydrogens is 368 g/mol. The van der Waals surface area contributed by atoms with Crippen molar-refractivity contribution in [1.82, 2.24) is 0 Å². The largest absolute Gasteiger partial charge is 0.545 e. The molecule has 0 aliphatic heterocycles. The van der Waals surface area contributed by atoms with Crippen LogP contribution >= 0.6 is 0 Å². The molecule has 2 fully saturated rings. The first-order valence-electron chi connectivity index (χ1n) is 10.4. The summed E-state index contributed by atoms with van der Waals surface area (Å²) in [6.07, 6.45) is 10.5. The highest BCUT2D eigenvalue weighted by Gasteiger charge is 2.57. The van der Waals surface area contributed by atoms with Crippen LogP contribution in [0.5, 0.6) is 0 Å². The SMILES string of the molecule is C=C1CC[C@@H]2[C@@](C)(CCC[C@@]2(C)C(=O)OC)[C@H]1CCc1ccoc1/C=C/C(=O)[O-]. The van der Waals surface area contributed by atoms with Crippen LogP contribution in [-0.4, -0.2) is 19.0 Å². The summed E-state index contributed by atoms with van der Waals surface area (Å²) < 4.78 is 10.6. The van der Waals surface area contributed by atoms with E-state index in [4.69, 9.17) is 9.15 Å². The number of rotatable bonds is 6. The van der Waals surface area contributed by atoms with Gasteiger partial charge >= 0.3 is 5.97 Å². The van der Waals surface area contributed by atoms with Gasteiger partial charge in [-0.1, -0.05) is 25.5 Å². The Hall–Kier alpha value is -2.30. The number of fused-ring (bicyclic) bond motifs is 1. The van der Waals surface area contributed by atoms with Crippen LogP contribution < -0.4 is 5.11 Å². The van der Waals surface area contributed by atoms with Crippen LogP contribution in [0.3, 0.4) is 0 Å². The minimum atomic E-state index is -1.24. The Bertz CT molecular complexity index is 819. The molecule has 29 heavy (non-hydrogen) atoms. The van der Waals surface area contributed by atoms with Crippen molar-refractivity contribution in [3.8, 4) is 0 Å².